The van der Waals surface area contributed by atoms with E-state index >= 15 is 0 Å². The zero-order chi connectivity index (χ0) is 13.9. The first-order valence-corrected chi connectivity index (χ1v) is 7.98. The molecule has 0 unspecified atom stereocenters. The molecule has 0 amide bonds. The van der Waals surface area contributed by atoms with Crippen molar-refractivity contribution in [2.45, 2.75) is 4.90 Å². The highest BCUT2D eigenvalue weighted by Crippen LogP contribution is 2.27. The quantitative estimate of drug-likeness (QED) is 0.497. The van der Waals surface area contributed by atoms with Crippen LogP contribution in [0.15, 0.2) is 58.8 Å². The van der Waals surface area contributed by atoms with Crippen LogP contribution in [0.1, 0.15) is 10.4 Å². The summed E-state index contributed by atoms with van der Waals surface area (Å²) in [5.41, 5.74) is 0.751. The maximum atomic E-state index is 13.1. The van der Waals surface area contributed by atoms with Crippen LogP contribution in [0.25, 0.3) is 10.1 Å². The first kappa shape index (κ1) is 13.3. The molecule has 0 saturated carbocycles. The normalized spacial score (nSPS) is 10.8. The van der Waals surface area contributed by atoms with Crippen LogP contribution in [0, 0.1) is 5.82 Å². The molecule has 100 valence electrons. The minimum atomic E-state index is -0.275. The van der Waals surface area contributed by atoms with Crippen molar-refractivity contribution < 1.29 is 9.18 Å². The molecule has 2 aromatic carbocycles. The van der Waals surface area contributed by atoms with Crippen LogP contribution < -0.4 is 0 Å². The topological polar surface area (TPSA) is 17.1 Å². The zero-order valence-electron chi connectivity index (χ0n) is 10.5. The van der Waals surface area contributed by atoms with Gasteiger partial charge in [-0.2, -0.15) is 0 Å². The van der Waals surface area contributed by atoms with Crippen LogP contribution in [0.4, 0.5) is 4.39 Å². The zero-order valence-corrected chi connectivity index (χ0v) is 12.1. The number of ketones is 1. The van der Waals surface area contributed by atoms with Gasteiger partial charge in [-0.05, 0) is 41.1 Å². The molecule has 3 aromatic rings. The number of carbonyl (C=O) groups excluding carboxylic acids is 1. The number of benzene rings is 2. The van der Waals surface area contributed by atoms with Gasteiger partial charge in [0.1, 0.15) is 5.82 Å². The molecule has 0 radical (unpaired) electrons. The highest BCUT2D eigenvalue weighted by Gasteiger charge is 2.11. The summed E-state index contributed by atoms with van der Waals surface area (Å²) in [7, 11) is 0. The summed E-state index contributed by atoms with van der Waals surface area (Å²) in [5.74, 6) is 0.121. The lowest BCUT2D eigenvalue weighted by atomic mass is 10.1. The van der Waals surface area contributed by atoms with E-state index in [2.05, 4.69) is 0 Å². The Morgan fingerprint density at radius 1 is 1.15 bits per heavy atom. The van der Waals surface area contributed by atoms with Crippen LogP contribution in [-0.4, -0.2) is 11.5 Å². The van der Waals surface area contributed by atoms with Crippen molar-refractivity contribution in [3.05, 3.63) is 65.3 Å². The number of hydrogen-bond acceptors (Lipinski definition) is 3. The van der Waals surface area contributed by atoms with Gasteiger partial charge in [0.15, 0.2) is 5.78 Å². The molecule has 0 spiro atoms. The lowest BCUT2D eigenvalue weighted by Crippen LogP contribution is -2.02. The number of thioether (sulfide) groups is 1. The second-order valence-corrected chi connectivity index (χ2v) is 6.28. The van der Waals surface area contributed by atoms with Gasteiger partial charge >= 0.3 is 0 Å². The Morgan fingerprint density at radius 2 is 2.00 bits per heavy atom. The van der Waals surface area contributed by atoms with Gasteiger partial charge < -0.3 is 0 Å². The Morgan fingerprint density at radius 3 is 2.85 bits per heavy atom. The molecule has 0 aliphatic rings. The largest absolute Gasteiger partial charge is 0.293 e. The van der Waals surface area contributed by atoms with E-state index in [-0.39, 0.29) is 11.6 Å². The molecule has 0 bridgehead atoms. The molecular weight excluding hydrogens is 291 g/mol. The van der Waals surface area contributed by atoms with Gasteiger partial charge in [0, 0.05) is 15.2 Å². The van der Waals surface area contributed by atoms with Crippen LogP contribution >= 0.6 is 23.1 Å². The van der Waals surface area contributed by atoms with Crippen LogP contribution in [0.2, 0.25) is 0 Å². The molecule has 1 heterocycles. The predicted molar refractivity (Wildman–Crippen MR) is 83.3 cm³/mol. The van der Waals surface area contributed by atoms with Gasteiger partial charge in [0.2, 0.25) is 0 Å². The Labute approximate surface area is 124 Å². The van der Waals surface area contributed by atoms with Gasteiger partial charge in [0.25, 0.3) is 0 Å². The molecule has 1 aromatic heterocycles. The van der Waals surface area contributed by atoms with E-state index in [0.29, 0.717) is 5.75 Å². The third kappa shape index (κ3) is 2.76. The number of halogens is 1. The van der Waals surface area contributed by atoms with E-state index in [1.807, 2.05) is 35.7 Å². The average Bonchev–Trinajstić information content (AvgIpc) is 2.93. The van der Waals surface area contributed by atoms with Gasteiger partial charge in [0.05, 0.1) is 5.75 Å². The second kappa shape index (κ2) is 5.77. The second-order valence-electron chi connectivity index (χ2n) is 4.31. The molecule has 1 nitrogen and oxygen atoms in total. The SMILES string of the molecule is O=C(CSc1cccc(F)c1)c1cccc2ccsc12. The Bertz CT molecular complexity index is 764. The number of hydrogen-bond donors (Lipinski definition) is 0. The van der Waals surface area contributed by atoms with E-state index < -0.39 is 0 Å². The summed E-state index contributed by atoms with van der Waals surface area (Å²) in [6.07, 6.45) is 0. The molecule has 0 saturated heterocycles. The Kier molecular flexibility index (Phi) is 3.85. The molecule has 0 fully saturated rings. The average molecular weight is 302 g/mol. The van der Waals surface area contributed by atoms with Crippen molar-refractivity contribution in [1.29, 1.82) is 0 Å². The van der Waals surface area contributed by atoms with Gasteiger partial charge in [-0.25, -0.2) is 4.39 Å². The third-order valence-corrected chi connectivity index (χ3v) is 4.90. The first-order chi connectivity index (χ1) is 9.74. The Hall–Kier alpha value is -1.65. The van der Waals surface area contributed by atoms with Gasteiger partial charge in [-0.15, -0.1) is 23.1 Å². The van der Waals surface area contributed by atoms with E-state index in [1.165, 1.54) is 23.9 Å². The summed E-state index contributed by atoms with van der Waals surface area (Å²) in [6, 6.07) is 14.1. The van der Waals surface area contributed by atoms with E-state index in [1.54, 1.807) is 17.4 Å². The number of rotatable bonds is 4. The number of thiophene rings is 1. The van der Waals surface area contributed by atoms with Crippen molar-refractivity contribution in [3.8, 4) is 0 Å². The maximum absolute atomic E-state index is 13.1. The molecule has 0 atom stereocenters. The molecule has 0 aliphatic heterocycles. The molecule has 0 N–H and O–H groups in total. The molecule has 3 rings (SSSR count). The lowest BCUT2D eigenvalue weighted by molar-refractivity contribution is 0.102. The highest BCUT2D eigenvalue weighted by molar-refractivity contribution is 8.00. The van der Waals surface area contributed by atoms with Crippen molar-refractivity contribution in [1.82, 2.24) is 0 Å². The molecular formula is C16H11FOS2. The fourth-order valence-electron chi connectivity index (χ4n) is 2.00. The van der Waals surface area contributed by atoms with Gasteiger partial charge in [-0.3, -0.25) is 4.79 Å². The van der Waals surface area contributed by atoms with Gasteiger partial charge in [-0.1, -0.05) is 18.2 Å². The molecule has 20 heavy (non-hydrogen) atoms. The summed E-state index contributed by atoms with van der Waals surface area (Å²) in [6.45, 7) is 0. The summed E-state index contributed by atoms with van der Waals surface area (Å²) >= 11 is 2.94. The number of carbonyl (C=O) groups is 1. The van der Waals surface area contributed by atoms with Crippen molar-refractivity contribution >= 4 is 39.0 Å². The minimum absolute atomic E-state index is 0.0762. The fourth-order valence-corrected chi connectivity index (χ4v) is 3.75. The first-order valence-electron chi connectivity index (χ1n) is 6.12. The van der Waals surface area contributed by atoms with Crippen molar-refractivity contribution in [3.63, 3.8) is 0 Å². The van der Waals surface area contributed by atoms with Crippen molar-refractivity contribution in [2.75, 3.05) is 5.75 Å². The third-order valence-electron chi connectivity index (χ3n) is 2.95. The predicted octanol–water partition coefficient (Wildman–Crippen LogP) is 5.02. The standard InChI is InChI=1S/C16H11FOS2/c17-12-4-2-5-13(9-12)20-10-15(18)14-6-1-3-11-7-8-19-16(11)14/h1-9H,10H2. The number of fused-ring (bicyclic) bond motifs is 1. The summed E-state index contributed by atoms with van der Waals surface area (Å²) < 4.78 is 14.1. The molecule has 0 aliphatic carbocycles. The minimum Gasteiger partial charge on any atom is -0.293 e. The number of Topliss-reactive ketones (excluding diaryl/α,β-unsaturated/α-hetero) is 1. The van der Waals surface area contributed by atoms with Crippen LogP contribution in [-0.2, 0) is 0 Å². The fraction of sp³-hybridized carbons (Fsp3) is 0.0625. The maximum Gasteiger partial charge on any atom is 0.174 e. The monoisotopic (exact) mass is 302 g/mol. The Balaban J connectivity index is 1.78. The van der Waals surface area contributed by atoms with E-state index in [4.69, 9.17) is 0 Å². The van der Waals surface area contributed by atoms with E-state index in [9.17, 15) is 9.18 Å². The lowest BCUT2D eigenvalue weighted by Gasteiger charge is -2.03. The highest BCUT2D eigenvalue weighted by atomic mass is 32.2. The smallest absolute Gasteiger partial charge is 0.174 e. The summed E-state index contributed by atoms with van der Waals surface area (Å²) in [5, 5.41) is 3.08. The molecule has 4 heteroatoms. The van der Waals surface area contributed by atoms with Crippen LogP contribution in [0.3, 0.4) is 0 Å². The van der Waals surface area contributed by atoms with E-state index in [0.717, 1.165) is 20.5 Å². The van der Waals surface area contributed by atoms with Crippen molar-refractivity contribution in [2.24, 2.45) is 0 Å². The summed E-state index contributed by atoms with van der Waals surface area (Å²) in [4.78, 5) is 13.1. The van der Waals surface area contributed by atoms with Crippen LogP contribution in [0.5, 0.6) is 0 Å².